The molecule has 1 atom stereocenters. The Morgan fingerprint density at radius 2 is 1.78 bits per heavy atom. The smallest absolute Gasteiger partial charge is 0.168 e. The van der Waals surface area contributed by atoms with Gasteiger partial charge < -0.3 is 16.0 Å². The monoisotopic (exact) mass is 472 g/mol. The molecule has 2 aromatic rings. The number of rotatable bonds is 10. The number of Topliss-reactive ketones (excluding diaryl/α,β-unsaturated/α-hetero) is 1. The minimum atomic E-state index is -1.20. The Labute approximate surface area is 198 Å². The number of benzene rings is 2. The highest BCUT2D eigenvalue weighted by Gasteiger charge is 2.17. The van der Waals surface area contributed by atoms with Crippen LogP contribution >= 0.6 is 12.2 Å². The van der Waals surface area contributed by atoms with Crippen LogP contribution in [0.3, 0.4) is 0 Å². The summed E-state index contributed by atoms with van der Waals surface area (Å²) < 4.78 is 11.9. The summed E-state index contributed by atoms with van der Waals surface area (Å²) in [7, 11) is -1.20. The maximum absolute atomic E-state index is 12.6. The van der Waals surface area contributed by atoms with E-state index in [0.717, 1.165) is 52.0 Å². The molecule has 8 heteroatoms. The first-order valence-corrected chi connectivity index (χ1v) is 13.0. The van der Waals surface area contributed by atoms with Crippen molar-refractivity contribution in [3.05, 3.63) is 54.1 Å². The summed E-state index contributed by atoms with van der Waals surface area (Å²) in [6.07, 6.45) is 5.08. The van der Waals surface area contributed by atoms with Crippen LogP contribution in [0.25, 0.3) is 0 Å². The molecule has 1 fully saturated rings. The number of unbranched alkanes of at least 4 members (excludes halogenated alkanes) is 2. The van der Waals surface area contributed by atoms with Crippen molar-refractivity contribution in [1.29, 1.82) is 0 Å². The molecule has 0 spiro atoms. The van der Waals surface area contributed by atoms with Crippen LogP contribution in [0.15, 0.2) is 53.4 Å². The van der Waals surface area contributed by atoms with Crippen molar-refractivity contribution < 1.29 is 9.00 Å². The fourth-order valence-corrected chi connectivity index (χ4v) is 4.78. The summed E-state index contributed by atoms with van der Waals surface area (Å²) in [6.45, 7) is 5.36. The molecule has 1 saturated heterocycles. The van der Waals surface area contributed by atoms with Gasteiger partial charge in [-0.15, -0.1) is 0 Å². The maximum atomic E-state index is 12.6. The van der Waals surface area contributed by atoms with Gasteiger partial charge in [-0.3, -0.25) is 13.9 Å². The molecule has 1 aliphatic rings. The van der Waals surface area contributed by atoms with E-state index in [1.807, 2.05) is 0 Å². The maximum Gasteiger partial charge on any atom is 0.168 e. The average Bonchev–Trinajstić information content (AvgIpc) is 2.79. The highest BCUT2D eigenvalue weighted by molar-refractivity contribution is 7.84. The standard InChI is InChI=1S/C24H32N4O2S2/c1-32(30)23-12-11-19(18-21(23)26-24(25)31)22(29)10-6-3-7-13-27-14-16-28(17-15-27)20-8-4-2-5-9-20/h2,4-5,8-9,11-12,18H,3,6-7,10,13-17H2,1H3,(H3,25,26,31). The van der Waals surface area contributed by atoms with Crippen molar-refractivity contribution in [1.82, 2.24) is 4.90 Å². The number of piperazine rings is 1. The first-order valence-electron chi connectivity index (χ1n) is 11.0. The molecule has 3 rings (SSSR count). The quantitative estimate of drug-likeness (QED) is 0.310. The number of nitrogens with zero attached hydrogens (tertiary/aromatic N) is 2. The van der Waals surface area contributed by atoms with Gasteiger partial charge in [-0.2, -0.15) is 0 Å². The Bertz CT molecular complexity index is 944. The normalized spacial score (nSPS) is 15.3. The van der Waals surface area contributed by atoms with Crippen LogP contribution in [-0.2, 0) is 10.8 Å². The van der Waals surface area contributed by atoms with Gasteiger partial charge in [-0.1, -0.05) is 30.7 Å². The van der Waals surface area contributed by atoms with E-state index in [2.05, 4.69) is 45.4 Å². The predicted octanol–water partition coefficient (Wildman–Crippen LogP) is 3.64. The average molecular weight is 473 g/mol. The fraction of sp³-hybridized carbons (Fsp3) is 0.417. The predicted molar refractivity (Wildman–Crippen MR) is 137 cm³/mol. The number of hydrogen-bond donors (Lipinski definition) is 2. The van der Waals surface area contributed by atoms with E-state index in [-0.39, 0.29) is 10.9 Å². The SMILES string of the molecule is CS(=O)c1ccc(C(=O)CCCCCN2CCN(c3ccccc3)CC2)cc1NC(N)=S. The Hall–Kier alpha value is -2.29. The largest absolute Gasteiger partial charge is 0.376 e. The summed E-state index contributed by atoms with van der Waals surface area (Å²) in [5, 5.41) is 2.92. The first-order chi connectivity index (χ1) is 15.4. The van der Waals surface area contributed by atoms with Gasteiger partial charge in [0.1, 0.15) is 0 Å². The second-order valence-electron chi connectivity index (χ2n) is 8.05. The number of para-hydroxylation sites is 1. The Kier molecular flexibility index (Phi) is 9.20. The van der Waals surface area contributed by atoms with Crippen LogP contribution in [0.1, 0.15) is 36.0 Å². The zero-order chi connectivity index (χ0) is 22.9. The molecule has 0 bridgehead atoms. The molecule has 0 amide bonds. The zero-order valence-electron chi connectivity index (χ0n) is 18.6. The third kappa shape index (κ3) is 7.12. The van der Waals surface area contributed by atoms with Crippen molar-refractivity contribution in [2.75, 3.05) is 49.2 Å². The molecule has 6 nitrogen and oxygen atoms in total. The second kappa shape index (κ2) is 12.1. The minimum Gasteiger partial charge on any atom is -0.376 e. The number of nitrogens with one attached hydrogen (secondary N) is 1. The lowest BCUT2D eigenvalue weighted by molar-refractivity contribution is 0.0978. The van der Waals surface area contributed by atoms with Gasteiger partial charge in [0.25, 0.3) is 0 Å². The van der Waals surface area contributed by atoms with E-state index < -0.39 is 10.8 Å². The molecular weight excluding hydrogens is 440 g/mol. The Morgan fingerprint density at radius 1 is 1.06 bits per heavy atom. The van der Waals surface area contributed by atoms with Gasteiger partial charge >= 0.3 is 0 Å². The molecule has 32 heavy (non-hydrogen) atoms. The fourth-order valence-electron chi connectivity index (χ4n) is 4.00. The molecular formula is C24H32N4O2S2. The van der Waals surface area contributed by atoms with E-state index in [1.165, 1.54) is 5.69 Å². The Morgan fingerprint density at radius 3 is 2.44 bits per heavy atom. The summed E-state index contributed by atoms with van der Waals surface area (Å²) in [6, 6.07) is 15.7. The van der Waals surface area contributed by atoms with Crippen molar-refractivity contribution in [2.24, 2.45) is 5.73 Å². The van der Waals surface area contributed by atoms with E-state index >= 15 is 0 Å². The Balaban J connectivity index is 1.38. The third-order valence-electron chi connectivity index (χ3n) is 5.74. The van der Waals surface area contributed by atoms with Crippen LogP contribution in [0.5, 0.6) is 0 Å². The lowest BCUT2D eigenvalue weighted by atomic mass is 10.0. The van der Waals surface area contributed by atoms with Crippen molar-refractivity contribution in [3.8, 4) is 0 Å². The molecule has 0 aromatic heterocycles. The molecule has 2 aromatic carbocycles. The van der Waals surface area contributed by atoms with Crippen LogP contribution in [0.4, 0.5) is 11.4 Å². The summed E-state index contributed by atoms with van der Waals surface area (Å²) in [5.41, 5.74) is 8.00. The molecule has 172 valence electrons. The molecule has 1 aliphatic heterocycles. The van der Waals surface area contributed by atoms with Gasteiger partial charge in [0.05, 0.1) is 21.4 Å². The van der Waals surface area contributed by atoms with E-state index in [9.17, 15) is 9.00 Å². The molecule has 0 aliphatic carbocycles. The molecule has 1 heterocycles. The minimum absolute atomic E-state index is 0.0842. The van der Waals surface area contributed by atoms with Gasteiger partial charge in [0.15, 0.2) is 10.9 Å². The van der Waals surface area contributed by atoms with Crippen LogP contribution in [0, 0.1) is 0 Å². The highest BCUT2D eigenvalue weighted by atomic mass is 32.2. The van der Waals surface area contributed by atoms with Crippen LogP contribution in [-0.4, -0.2) is 59.0 Å². The van der Waals surface area contributed by atoms with E-state index in [0.29, 0.717) is 22.6 Å². The van der Waals surface area contributed by atoms with Crippen molar-refractivity contribution in [2.45, 2.75) is 30.6 Å². The van der Waals surface area contributed by atoms with E-state index in [1.54, 1.807) is 24.5 Å². The molecule has 0 radical (unpaired) electrons. The lowest BCUT2D eigenvalue weighted by Crippen LogP contribution is -2.46. The van der Waals surface area contributed by atoms with Crippen LogP contribution < -0.4 is 16.0 Å². The molecule has 1 unspecified atom stereocenters. The number of anilines is 2. The number of nitrogens with two attached hydrogens (primary N) is 1. The van der Waals surface area contributed by atoms with Crippen molar-refractivity contribution in [3.63, 3.8) is 0 Å². The molecule has 3 N–H and O–H groups in total. The number of ketones is 1. The van der Waals surface area contributed by atoms with E-state index in [4.69, 9.17) is 18.0 Å². The number of thiocarbonyl (C=S) groups is 1. The highest BCUT2D eigenvalue weighted by Crippen LogP contribution is 2.22. The third-order valence-corrected chi connectivity index (χ3v) is 6.82. The summed E-state index contributed by atoms with van der Waals surface area (Å²) >= 11 is 4.89. The topological polar surface area (TPSA) is 78.7 Å². The first kappa shape index (κ1) is 24.4. The van der Waals surface area contributed by atoms with Gasteiger partial charge in [0, 0.05) is 50.1 Å². The van der Waals surface area contributed by atoms with Crippen LogP contribution in [0.2, 0.25) is 0 Å². The summed E-state index contributed by atoms with van der Waals surface area (Å²) in [5.74, 6) is 0.0842. The number of hydrogen-bond acceptors (Lipinski definition) is 5. The summed E-state index contributed by atoms with van der Waals surface area (Å²) in [4.78, 5) is 18.2. The lowest BCUT2D eigenvalue weighted by Gasteiger charge is -2.36. The zero-order valence-corrected chi connectivity index (χ0v) is 20.2. The molecule has 0 saturated carbocycles. The second-order valence-corrected chi connectivity index (χ2v) is 9.84. The van der Waals surface area contributed by atoms with Crippen molar-refractivity contribution >= 4 is 45.3 Å². The van der Waals surface area contributed by atoms with Gasteiger partial charge in [0.2, 0.25) is 0 Å². The number of carbonyl (C=O) groups excluding carboxylic acids is 1. The van der Waals surface area contributed by atoms with Gasteiger partial charge in [-0.25, -0.2) is 0 Å². The van der Waals surface area contributed by atoms with Gasteiger partial charge in [-0.05, 0) is 55.9 Å². The number of carbonyl (C=O) groups is 1.